The van der Waals surface area contributed by atoms with Crippen LogP contribution in [0.15, 0.2) is 18.2 Å². The van der Waals surface area contributed by atoms with Crippen molar-refractivity contribution < 1.29 is 9.18 Å². The zero-order chi connectivity index (χ0) is 10.4. The quantitative estimate of drug-likeness (QED) is 0.737. The molecule has 1 atom stereocenters. The van der Waals surface area contributed by atoms with E-state index < -0.39 is 0 Å². The average molecular weight is 206 g/mol. The maximum Gasteiger partial charge on any atom is 0.247 e. The van der Waals surface area contributed by atoms with Crippen LogP contribution in [0.3, 0.4) is 0 Å². The van der Waals surface area contributed by atoms with Gasteiger partial charge in [0.05, 0.1) is 11.4 Å². The molecule has 3 rings (SSSR count). The average Bonchev–Trinajstić information content (AvgIpc) is 3.00. The lowest BCUT2D eigenvalue weighted by Crippen LogP contribution is -2.40. The fourth-order valence-corrected chi connectivity index (χ4v) is 1.95. The summed E-state index contributed by atoms with van der Waals surface area (Å²) < 4.78 is 12.9. The summed E-state index contributed by atoms with van der Waals surface area (Å²) >= 11 is 0. The minimum Gasteiger partial charge on any atom is -0.372 e. The van der Waals surface area contributed by atoms with Gasteiger partial charge in [-0.15, -0.1) is 0 Å². The molecule has 1 aliphatic heterocycles. The molecule has 2 N–H and O–H groups in total. The predicted octanol–water partition coefficient (Wildman–Crippen LogP) is 1.97. The second-order valence-electron chi connectivity index (χ2n) is 4.14. The number of rotatable bonds is 1. The normalized spacial score (nSPS) is 24.1. The van der Waals surface area contributed by atoms with Crippen molar-refractivity contribution in [1.82, 2.24) is 0 Å². The largest absolute Gasteiger partial charge is 0.372 e. The van der Waals surface area contributed by atoms with Crippen molar-refractivity contribution in [3.05, 3.63) is 24.0 Å². The van der Waals surface area contributed by atoms with Crippen LogP contribution in [0, 0.1) is 11.7 Å². The van der Waals surface area contributed by atoms with Gasteiger partial charge in [-0.3, -0.25) is 4.79 Å². The predicted molar refractivity (Wildman–Crippen MR) is 55.2 cm³/mol. The fourth-order valence-electron chi connectivity index (χ4n) is 1.95. The Kier molecular flexibility index (Phi) is 1.71. The molecule has 0 saturated heterocycles. The standard InChI is InChI=1S/C11H11FN2O/c12-7-3-4-8-9(5-7)14-11(15)10(13-8)6-1-2-6/h3-6,10,13H,1-2H2,(H,14,15). The Bertz CT molecular complexity index is 429. The third-order valence-electron chi connectivity index (χ3n) is 2.93. The first-order valence-corrected chi connectivity index (χ1v) is 5.11. The molecule has 1 aliphatic carbocycles. The molecule has 0 bridgehead atoms. The van der Waals surface area contributed by atoms with Gasteiger partial charge in [0, 0.05) is 0 Å². The molecule has 2 aliphatic rings. The van der Waals surface area contributed by atoms with Crippen LogP contribution >= 0.6 is 0 Å². The van der Waals surface area contributed by atoms with Gasteiger partial charge in [-0.05, 0) is 37.0 Å². The lowest BCUT2D eigenvalue weighted by atomic mass is 10.1. The van der Waals surface area contributed by atoms with Crippen molar-refractivity contribution in [2.24, 2.45) is 5.92 Å². The van der Waals surface area contributed by atoms with Crippen molar-refractivity contribution in [3.8, 4) is 0 Å². The molecule has 1 unspecified atom stereocenters. The third-order valence-corrected chi connectivity index (χ3v) is 2.93. The molecule has 1 amide bonds. The molecule has 0 radical (unpaired) electrons. The number of hydrogen-bond donors (Lipinski definition) is 2. The molecule has 1 heterocycles. The van der Waals surface area contributed by atoms with Gasteiger partial charge in [-0.25, -0.2) is 4.39 Å². The maximum atomic E-state index is 12.9. The summed E-state index contributed by atoms with van der Waals surface area (Å²) in [4.78, 5) is 11.7. The summed E-state index contributed by atoms with van der Waals surface area (Å²) in [6.07, 6.45) is 2.20. The van der Waals surface area contributed by atoms with Crippen LogP contribution < -0.4 is 10.6 Å². The molecule has 1 aromatic rings. The maximum absolute atomic E-state index is 12.9. The van der Waals surface area contributed by atoms with Crippen LogP contribution in [-0.4, -0.2) is 11.9 Å². The highest BCUT2D eigenvalue weighted by Gasteiger charge is 2.38. The van der Waals surface area contributed by atoms with Crippen LogP contribution in [0.5, 0.6) is 0 Å². The third kappa shape index (κ3) is 1.46. The highest BCUT2D eigenvalue weighted by Crippen LogP contribution is 2.38. The molecule has 0 aromatic heterocycles. The first kappa shape index (κ1) is 8.71. The Morgan fingerprint density at radius 3 is 2.80 bits per heavy atom. The van der Waals surface area contributed by atoms with Crippen LogP contribution in [0.1, 0.15) is 12.8 Å². The molecule has 15 heavy (non-hydrogen) atoms. The number of anilines is 2. The molecule has 78 valence electrons. The second kappa shape index (κ2) is 2.95. The molecule has 1 fully saturated rings. The number of nitrogens with one attached hydrogen (secondary N) is 2. The number of benzene rings is 1. The smallest absolute Gasteiger partial charge is 0.247 e. The second-order valence-corrected chi connectivity index (χ2v) is 4.14. The fraction of sp³-hybridized carbons (Fsp3) is 0.364. The van der Waals surface area contributed by atoms with E-state index >= 15 is 0 Å². The topological polar surface area (TPSA) is 41.1 Å². The van der Waals surface area contributed by atoms with Crippen molar-refractivity contribution in [2.45, 2.75) is 18.9 Å². The number of hydrogen-bond acceptors (Lipinski definition) is 2. The van der Waals surface area contributed by atoms with E-state index in [9.17, 15) is 9.18 Å². The summed E-state index contributed by atoms with van der Waals surface area (Å²) in [6.45, 7) is 0. The van der Waals surface area contributed by atoms with Gasteiger partial charge in [-0.2, -0.15) is 0 Å². The number of carbonyl (C=O) groups is 1. The summed E-state index contributed by atoms with van der Waals surface area (Å²) in [5.41, 5.74) is 1.35. The Morgan fingerprint density at radius 1 is 1.27 bits per heavy atom. The highest BCUT2D eigenvalue weighted by atomic mass is 19.1. The van der Waals surface area contributed by atoms with Crippen molar-refractivity contribution in [3.63, 3.8) is 0 Å². The van der Waals surface area contributed by atoms with Gasteiger partial charge in [-0.1, -0.05) is 0 Å². The Hall–Kier alpha value is -1.58. The summed E-state index contributed by atoms with van der Waals surface area (Å²) in [6, 6.07) is 4.26. The van der Waals surface area contributed by atoms with E-state index in [1.807, 2.05) is 0 Å². The first-order valence-electron chi connectivity index (χ1n) is 5.11. The Morgan fingerprint density at radius 2 is 2.07 bits per heavy atom. The first-order chi connectivity index (χ1) is 7.24. The number of fused-ring (bicyclic) bond motifs is 1. The summed E-state index contributed by atoms with van der Waals surface area (Å²) in [5.74, 6) is 0.0690. The van der Waals surface area contributed by atoms with E-state index in [1.165, 1.54) is 12.1 Å². The van der Waals surface area contributed by atoms with Gasteiger partial charge in [0.15, 0.2) is 0 Å². The molecule has 1 saturated carbocycles. The number of amides is 1. The van der Waals surface area contributed by atoms with E-state index in [4.69, 9.17) is 0 Å². The van der Waals surface area contributed by atoms with Crippen LogP contribution in [0.2, 0.25) is 0 Å². The molecule has 1 aromatic carbocycles. The van der Waals surface area contributed by atoms with Gasteiger partial charge in [0.25, 0.3) is 0 Å². The Labute approximate surface area is 86.7 Å². The Balaban J connectivity index is 1.94. The van der Waals surface area contributed by atoms with Gasteiger partial charge in [0.2, 0.25) is 5.91 Å². The number of halogens is 1. The van der Waals surface area contributed by atoms with E-state index in [-0.39, 0.29) is 17.8 Å². The lowest BCUT2D eigenvalue weighted by Gasteiger charge is -2.26. The zero-order valence-electron chi connectivity index (χ0n) is 8.09. The van der Waals surface area contributed by atoms with Crippen LogP contribution in [0.4, 0.5) is 15.8 Å². The zero-order valence-corrected chi connectivity index (χ0v) is 8.09. The van der Waals surface area contributed by atoms with Crippen LogP contribution in [-0.2, 0) is 4.79 Å². The van der Waals surface area contributed by atoms with E-state index in [0.29, 0.717) is 11.6 Å². The van der Waals surface area contributed by atoms with Gasteiger partial charge < -0.3 is 10.6 Å². The highest BCUT2D eigenvalue weighted by molar-refractivity contribution is 6.03. The van der Waals surface area contributed by atoms with E-state index in [0.717, 1.165) is 18.5 Å². The van der Waals surface area contributed by atoms with E-state index in [1.54, 1.807) is 6.07 Å². The molecular formula is C11H11FN2O. The molecule has 0 spiro atoms. The SMILES string of the molecule is O=C1Nc2cc(F)ccc2NC1C1CC1. The van der Waals surface area contributed by atoms with Crippen molar-refractivity contribution >= 4 is 17.3 Å². The van der Waals surface area contributed by atoms with E-state index in [2.05, 4.69) is 10.6 Å². The minimum atomic E-state index is -0.333. The summed E-state index contributed by atoms with van der Waals surface area (Å²) in [5, 5.41) is 5.89. The molecule has 4 heteroatoms. The van der Waals surface area contributed by atoms with Crippen molar-refractivity contribution in [1.29, 1.82) is 0 Å². The van der Waals surface area contributed by atoms with Gasteiger partial charge >= 0.3 is 0 Å². The van der Waals surface area contributed by atoms with Crippen molar-refractivity contribution in [2.75, 3.05) is 10.6 Å². The molecular weight excluding hydrogens is 195 g/mol. The monoisotopic (exact) mass is 206 g/mol. The minimum absolute atomic E-state index is 0.0457. The summed E-state index contributed by atoms with van der Waals surface area (Å²) in [7, 11) is 0. The van der Waals surface area contributed by atoms with Crippen LogP contribution in [0.25, 0.3) is 0 Å². The lowest BCUT2D eigenvalue weighted by molar-refractivity contribution is -0.117. The molecule has 3 nitrogen and oxygen atoms in total. The van der Waals surface area contributed by atoms with Gasteiger partial charge in [0.1, 0.15) is 11.9 Å². The number of carbonyl (C=O) groups excluding carboxylic acids is 1.